The van der Waals surface area contributed by atoms with Crippen LogP contribution in [0.5, 0.6) is 0 Å². The SMILES string of the molecule is [2H]c1c([2H])c([2H])c(-c2nc3ccccc3nc2-c2ccc(N3c4cc5ccccc5cc4-c4cccc5cccc3c45)cc2)c([2H])c1[2H].c1cc(-c2nc3ccccc3nc2-c2cc3ccccc3c3ccccc23)cc(N2c3cc4ccccc4cc3-c3cccc4cccc2c34)c1.c1ccc2cc3c(cc2c1)-c1cccc2cccc(c12)N3c1ccc(-c2nc3ccccc3nc2-c2cccc3ccccc23)cc1. The molecule has 0 atom stereocenters. The highest BCUT2D eigenvalue weighted by atomic mass is 15.2. The summed E-state index contributed by atoms with van der Waals surface area (Å²) in [5.74, 6) is 0. The van der Waals surface area contributed by atoms with Gasteiger partial charge in [-0.1, -0.05) is 358 Å². The van der Waals surface area contributed by atoms with Gasteiger partial charge >= 0.3 is 0 Å². The van der Waals surface area contributed by atoms with Crippen molar-refractivity contribution in [1.29, 1.82) is 0 Å². The lowest BCUT2D eigenvalue weighted by Crippen LogP contribution is -2.15. The summed E-state index contributed by atoms with van der Waals surface area (Å²) in [5.41, 5.74) is 31.3. The molecule has 0 N–H and O–H groups in total. The first kappa shape index (κ1) is 75.4. The van der Waals surface area contributed by atoms with Crippen LogP contribution in [-0.4, -0.2) is 29.9 Å². The molecule has 6 heterocycles. The zero-order chi connectivity index (χ0) is 97.0. The van der Waals surface area contributed by atoms with Gasteiger partial charge in [0.15, 0.2) is 0 Å². The number of fused-ring (bicyclic) bond motifs is 16. The van der Waals surface area contributed by atoms with Crippen LogP contribution >= 0.6 is 0 Å². The summed E-state index contributed by atoms with van der Waals surface area (Å²) in [6, 6.07) is 161. The number of aromatic nitrogens is 6. The van der Waals surface area contributed by atoms with Gasteiger partial charge in [0.2, 0.25) is 0 Å². The minimum Gasteiger partial charge on any atom is -0.309 e. The topological polar surface area (TPSA) is 87.1 Å². The van der Waals surface area contributed by atoms with Gasteiger partial charge in [-0.25, -0.2) is 29.9 Å². The summed E-state index contributed by atoms with van der Waals surface area (Å²) < 4.78 is 42.1. The van der Waals surface area contributed by atoms with Crippen molar-refractivity contribution >= 4 is 181 Å². The molecule has 0 fully saturated rings. The molecule has 141 heavy (non-hydrogen) atoms. The molecule has 0 amide bonds. The van der Waals surface area contributed by atoms with Gasteiger partial charge in [0.25, 0.3) is 0 Å². The van der Waals surface area contributed by atoms with Crippen LogP contribution in [0, 0.1) is 0 Å². The van der Waals surface area contributed by atoms with Crippen LogP contribution in [0.3, 0.4) is 0 Å². The number of benzene rings is 24. The maximum absolute atomic E-state index is 8.70. The lowest BCUT2D eigenvalue weighted by molar-refractivity contribution is 1.27. The smallest absolute Gasteiger partial charge is 0.0979 e. The Morgan fingerprint density at radius 2 is 0.454 bits per heavy atom. The largest absolute Gasteiger partial charge is 0.309 e. The van der Waals surface area contributed by atoms with E-state index in [1.54, 1.807) is 0 Å². The minimum absolute atomic E-state index is 0.0263. The lowest BCUT2D eigenvalue weighted by atomic mass is 9.89. The Hall–Kier alpha value is -19.0. The first-order chi connectivity index (χ1) is 72.0. The highest BCUT2D eigenvalue weighted by Gasteiger charge is 2.33. The van der Waals surface area contributed by atoms with Crippen LogP contribution in [0.15, 0.2) is 491 Å². The van der Waals surface area contributed by atoms with E-state index in [0.717, 1.165) is 106 Å². The molecule has 654 valence electrons. The maximum Gasteiger partial charge on any atom is 0.0979 e. The Balaban J connectivity index is 0.000000106. The number of anilines is 9. The van der Waals surface area contributed by atoms with Crippen LogP contribution in [0.4, 0.5) is 51.2 Å². The second-order valence-corrected chi connectivity index (χ2v) is 36.3. The summed E-state index contributed by atoms with van der Waals surface area (Å²) in [7, 11) is 0. The van der Waals surface area contributed by atoms with E-state index >= 15 is 0 Å². The van der Waals surface area contributed by atoms with Crippen LogP contribution in [-0.2, 0) is 0 Å². The zero-order valence-electron chi connectivity index (χ0n) is 80.9. The van der Waals surface area contributed by atoms with E-state index in [9.17, 15) is 0 Å². The molecule has 9 heteroatoms. The Bertz CT molecular complexity index is 10200. The average molecular weight is 1800 g/mol. The number of nitrogens with zero attached hydrogens (tertiary/aromatic N) is 9. The first-order valence-electron chi connectivity index (χ1n) is 50.1. The maximum atomic E-state index is 8.70. The summed E-state index contributed by atoms with van der Waals surface area (Å²) in [5, 5.41) is 21.8. The van der Waals surface area contributed by atoms with Crippen LogP contribution < -0.4 is 14.7 Å². The Labute approximate surface area is 819 Å². The molecule has 0 bridgehead atoms. The Morgan fingerprint density at radius 3 is 0.894 bits per heavy atom. The van der Waals surface area contributed by atoms with E-state index in [4.69, 9.17) is 36.8 Å². The highest BCUT2D eigenvalue weighted by Crippen LogP contribution is 2.57. The fourth-order valence-corrected chi connectivity index (χ4v) is 21.8. The van der Waals surface area contributed by atoms with E-state index in [-0.39, 0.29) is 23.3 Å². The van der Waals surface area contributed by atoms with Gasteiger partial charge in [-0.3, -0.25) is 0 Å². The third kappa shape index (κ3) is 13.5. The third-order valence-electron chi connectivity index (χ3n) is 28.2. The molecule has 0 saturated heterocycles. The van der Waals surface area contributed by atoms with Crippen molar-refractivity contribution < 1.29 is 6.85 Å². The quantitative estimate of drug-likeness (QED) is 0.131. The van der Waals surface area contributed by atoms with Crippen molar-refractivity contribution in [2.24, 2.45) is 0 Å². The van der Waals surface area contributed by atoms with E-state index in [2.05, 4.69) is 391 Å². The van der Waals surface area contributed by atoms with Gasteiger partial charge in [0, 0.05) is 83.3 Å². The minimum atomic E-state index is -0.445. The summed E-state index contributed by atoms with van der Waals surface area (Å²) in [6.07, 6.45) is 0. The molecular formula is C132H81N9. The van der Waals surface area contributed by atoms with E-state index < -0.39 is 18.1 Å². The molecule has 27 aromatic rings. The molecule has 0 unspecified atom stereocenters. The summed E-state index contributed by atoms with van der Waals surface area (Å²) in [6.45, 7) is 0. The summed E-state index contributed by atoms with van der Waals surface area (Å²) >= 11 is 0. The van der Waals surface area contributed by atoms with Gasteiger partial charge < -0.3 is 14.7 Å². The monoisotopic (exact) mass is 1800 g/mol. The molecule has 0 aliphatic carbocycles. The van der Waals surface area contributed by atoms with Crippen LogP contribution in [0.1, 0.15) is 6.85 Å². The molecule has 24 aromatic carbocycles. The fourth-order valence-electron chi connectivity index (χ4n) is 21.8. The van der Waals surface area contributed by atoms with E-state index in [1.807, 2.05) is 84.9 Å². The Morgan fingerprint density at radius 1 is 0.156 bits per heavy atom. The van der Waals surface area contributed by atoms with Gasteiger partial charge in [-0.15, -0.1) is 0 Å². The molecular weight excluding hydrogens is 1710 g/mol. The number of hydrogen-bond donors (Lipinski definition) is 0. The second kappa shape index (κ2) is 33.0. The van der Waals surface area contributed by atoms with Crippen LogP contribution in [0.25, 0.3) is 231 Å². The molecule has 0 saturated carbocycles. The summed E-state index contributed by atoms with van der Waals surface area (Å²) in [4.78, 5) is 38.1. The highest BCUT2D eigenvalue weighted by molar-refractivity contribution is 6.21. The van der Waals surface area contributed by atoms with E-state index in [0.29, 0.717) is 22.3 Å². The van der Waals surface area contributed by atoms with Gasteiger partial charge in [-0.2, -0.15) is 0 Å². The predicted molar refractivity (Wildman–Crippen MR) is 590 cm³/mol. The Kier molecular flexibility index (Phi) is 17.6. The average Bonchev–Trinajstić information content (AvgIpc) is 0.713. The predicted octanol–water partition coefficient (Wildman–Crippen LogP) is 35.6. The molecule has 30 rings (SSSR count). The van der Waals surface area contributed by atoms with Crippen molar-refractivity contribution in [3.63, 3.8) is 0 Å². The molecule has 0 spiro atoms. The van der Waals surface area contributed by atoms with Crippen molar-refractivity contribution in [3.05, 3.63) is 491 Å². The first-order valence-corrected chi connectivity index (χ1v) is 47.6. The van der Waals surface area contributed by atoms with Crippen molar-refractivity contribution in [2.75, 3.05) is 14.7 Å². The van der Waals surface area contributed by atoms with Crippen LogP contribution in [0.2, 0.25) is 0 Å². The van der Waals surface area contributed by atoms with E-state index in [1.165, 1.54) is 142 Å². The number of rotatable bonds is 9. The second-order valence-electron chi connectivity index (χ2n) is 36.3. The standard InChI is InChI=1S/C48H29N3.C44H27N3.C40H25N3/c1-2-13-32-29-45-40(27-31(32)12-1)39-22-10-15-30-16-11-25-44(46(30)39)51(45)35-18-9-17-34(26-35)47-48(50-43-24-8-7-23-42(43)49-47)41-28-33-14-3-4-19-36(33)37-20-5-6-21-38(37)41;1-2-12-32-27-41-37(26-31(32)11-1)35-17-8-14-29-15-9-21-40(42(29)35)47(41)33-24-22-30(23-25-33)43-44(46-39-20-6-5-19-38(39)45-43)36-18-7-13-28-10-3-4-16-34(28)36;1-2-10-27(11-3-1)39-40(42-35-18-7-6-17-34(35)41-39)28-20-22-31(23-21-28)43-36-19-9-15-26-14-8-16-32(38(26)36)33-24-29-12-4-5-13-30(29)25-37(33)43/h1-29H;1-27H;1-25H/i;;1D,2D,3D,10D,11D. The van der Waals surface area contributed by atoms with Gasteiger partial charge in [0.1, 0.15) is 0 Å². The molecule has 3 aliphatic heterocycles. The fraction of sp³-hybridized carbons (Fsp3) is 0. The number of hydrogen-bond acceptors (Lipinski definition) is 9. The van der Waals surface area contributed by atoms with Crippen molar-refractivity contribution in [2.45, 2.75) is 0 Å². The van der Waals surface area contributed by atoms with Gasteiger partial charge in [0.05, 0.1) is 108 Å². The molecule has 0 radical (unpaired) electrons. The molecule has 3 aliphatic rings. The molecule has 9 nitrogen and oxygen atoms in total. The molecule has 3 aromatic heterocycles. The van der Waals surface area contributed by atoms with Crippen molar-refractivity contribution in [3.8, 4) is 101 Å². The number of para-hydroxylation sites is 6. The van der Waals surface area contributed by atoms with Gasteiger partial charge in [-0.05, 0) is 231 Å². The third-order valence-corrected chi connectivity index (χ3v) is 28.2. The zero-order valence-corrected chi connectivity index (χ0v) is 75.9. The lowest BCUT2D eigenvalue weighted by Gasteiger charge is -2.34. The van der Waals surface area contributed by atoms with Crippen molar-refractivity contribution in [1.82, 2.24) is 29.9 Å². The normalized spacial score (nSPS) is 12.7.